The molecule has 0 saturated heterocycles. The summed E-state index contributed by atoms with van der Waals surface area (Å²) in [5, 5.41) is 10.6. The highest BCUT2D eigenvalue weighted by Crippen LogP contribution is 2.60. The zero-order chi connectivity index (χ0) is 13.6. The molecule has 104 valence electrons. The van der Waals surface area contributed by atoms with Crippen molar-refractivity contribution in [1.29, 1.82) is 0 Å². The third-order valence-corrected chi connectivity index (χ3v) is 5.15. The van der Waals surface area contributed by atoms with Crippen LogP contribution in [0.25, 0.3) is 0 Å². The zero-order valence-corrected chi connectivity index (χ0v) is 10.8. The number of benzene rings is 1. The molecule has 0 aliphatic heterocycles. The SMILES string of the molecule is NCC1(C(O)c2cc(F)cc(F)c2)CC2CCC1C2. The molecule has 3 rings (SSSR count). The second kappa shape index (κ2) is 4.53. The van der Waals surface area contributed by atoms with Crippen molar-refractivity contribution in [2.45, 2.75) is 31.8 Å². The molecule has 4 unspecified atom stereocenters. The molecule has 2 bridgehead atoms. The van der Waals surface area contributed by atoms with Gasteiger partial charge in [0.2, 0.25) is 0 Å². The maximum Gasteiger partial charge on any atom is 0.126 e. The van der Waals surface area contributed by atoms with E-state index in [2.05, 4.69) is 0 Å². The van der Waals surface area contributed by atoms with Crippen LogP contribution in [-0.4, -0.2) is 11.7 Å². The maximum atomic E-state index is 13.3. The van der Waals surface area contributed by atoms with Crippen molar-refractivity contribution in [3.8, 4) is 0 Å². The minimum Gasteiger partial charge on any atom is -0.388 e. The number of nitrogens with two attached hydrogens (primary N) is 1. The topological polar surface area (TPSA) is 46.2 Å². The summed E-state index contributed by atoms with van der Waals surface area (Å²) in [6.07, 6.45) is 3.34. The van der Waals surface area contributed by atoms with Crippen LogP contribution >= 0.6 is 0 Å². The van der Waals surface area contributed by atoms with Gasteiger partial charge in [0.25, 0.3) is 0 Å². The Morgan fingerprint density at radius 2 is 1.95 bits per heavy atom. The second-order valence-corrected chi connectivity index (χ2v) is 6.12. The molecular weight excluding hydrogens is 248 g/mol. The molecule has 4 heteroatoms. The van der Waals surface area contributed by atoms with E-state index in [0.717, 1.165) is 25.3 Å². The van der Waals surface area contributed by atoms with Crippen LogP contribution in [0.2, 0.25) is 0 Å². The van der Waals surface area contributed by atoms with E-state index in [0.29, 0.717) is 23.9 Å². The Labute approximate surface area is 111 Å². The predicted molar refractivity (Wildman–Crippen MR) is 68.3 cm³/mol. The molecule has 2 nitrogen and oxygen atoms in total. The van der Waals surface area contributed by atoms with E-state index in [1.807, 2.05) is 0 Å². The molecule has 19 heavy (non-hydrogen) atoms. The Morgan fingerprint density at radius 3 is 2.42 bits per heavy atom. The third-order valence-electron chi connectivity index (χ3n) is 5.15. The Bertz CT molecular complexity index is 473. The lowest BCUT2D eigenvalue weighted by Crippen LogP contribution is -2.41. The normalized spacial score (nSPS) is 34.7. The van der Waals surface area contributed by atoms with Crippen molar-refractivity contribution in [1.82, 2.24) is 0 Å². The molecule has 0 heterocycles. The summed E-state index contributed by atoms with van der Waals surface area (Å²) in [6.45, 7) is 0.369. The van der Waals surface area contributed by atoms with Gasteiger partial charge >= 0.3 is 0 Å². The van der Waals surface area contributed by atoms with Crippen molar-refractivity contribution >= 4 is 0 Å². The highest BCUT2D eigenvalue weighted by Gasteiger charge is 2.54. The average molecular weight is 267 g/mol. The van der Waals surface area contributed by atoms with E-state index in [9.17, 15) is 13.9 Å². The summed E-state index contributed by atoms with van der Waals surface area (Å²) in [7, 11) is 0. The van der Waals surface area contributed by atoms with Gasteiger partial charge in [-0.1, -0.05) is 6.42 Å². The lowest BCUT2D eigenvalue weighted by molar-refractivity contribution is -0.0133. The standard InChI is InChI=1S/C15H19F2NO/c16-12-4-10(5-13(17)6-12)14(19)15(8-18)7-9-1-2-11(15)3-9/h4-6,9,11,14,19H,1-3,7-8,18H2. The Balaban J connectivity index is 1.95. The summed E-state index contributed by atoms with van der Waals surface area (Å²) in [4.78, 5) is 0. The number of halogens is 2. The summed E-state index contributed by atoms with van der Waals surface area (Å²) >= 11 is 0. The van der Waals surface area contributed by atoms with Crippen LogP contribution in [0.5, 0.6) is 0 Å². The van der Waals surface area contributed by atoms with Crippen LogP contribution < -0.4 is 5.73 Å². The Morgan fingerprint density at radius 1 is 1.26 bits per heavy atom. The maximum absolute atomic E-state index is 13.3. The number of aliphatic hydroxyl groups excluding tert-OH is 1. The van der Waals surface area contributed by atoms with Gasteiger partial charge in [0.05, 0.1) is 6.10 Å². The molecule has 4 atom stereocenters. The second-order valence-electron chi connectivity index (χ2n) is 6.12. The van der Waals surface area contributed by atoms with Crippen LogP contribution in [0.15, 0.2) is 18.2 Å². The molecule has 2 fully saturated rings. The molecule has 1 aromatic rings. The quantitative estimate of drug-likeness (QED) is 0.884. The van der Waals surface area contributed by atoms with Crippen LogP contribution in [0.4, 0.5) is 8.78 Å². The van der Waals surface area contributed by atoms with Gasteiger partial charge in [-0.2, -0.15) is 0 Å². The van der Waals surface area contributed by atoms with E-state index in [1.165, 1.54) is 18.6 Å². The van der Waals surface area contributed by atoms with Gasteiger partial charge in [0, 0.05) is 18.0 Å². The van der Waals surface area contributed by atoms with Crippen molar-refractivity contribution in [3.63, 3.8) is 0 Å². The van der Waals surface area contributed by atoms with Gasteiger partial charge in [0.1, 0.15) is 11.6 Å². The zero-order valence-electron chi connectivity index (χ0n) is 10.8. The molecule has 0 amide bonds. The molecule has 1 aromatic carbocycles. The van der Waals surface area contributed by atoms with E-state index in [-0.39, 0.29) is 0 Å². The molecular formula is C15H19F2NO. The molecule has 2 aliphatic carbocycles. The fraction of sp³-hybridized carbons (Fsp3) is 0.600. The minimum atomic E-state index is -0.877. The van der Waals surface area contributed by atoms with Gasteiger partial charge in [-0.25, -0.2) is 8.78 Å². The molecule has 0 radical (unpaired) electrons. The van der Waals surface area contributed by atoms with E-state index in [1.54, 1.807) is 0 Å². The Hall–Kier alpha value is -1.00. The lowest BCUT2D eigenvalue weighted by atomic mass is 9.67. The van der Waals surface area contributed by atoms with E-state index < -0.39 is 23.2 Å². The minimum absolute atomic E-state index is 0.315. The first-order valence-corrected chi connectivity index (χ1v) is 6.89. The first kappa shape index (κ1) is 13.0. The van der Waals surface area contributed by atoms with Gasteiger partial charge in [-0.05, 0) is 48.8 Å². The fourth-order valence-electron chi connectivity index (χ4n) is 4.25. The third kappa shape index (κ3) is 1.98. The molecule has 0 spiro atoms. The molecule has 0 aromatic heterocycles. The predicted octanol–water partition coefficient (Wildman–Crippen LogP) is 2.76. The summed E-state index contributed by atoms with van der Waals surface area (Å²) < 4.78 is 26.6. The van der Waals surface area contributed by atoms with Crippen molar-refractivity contribution < 1.29 is 13.9 Å². The van der Waals surface area contributed by atoms with Crippen LogP contribution in [-0.2, 0) is 0 Å². The van der Waals surface area contributed by atoms with Crippen molar-refractivity contribution in [2.75, 3.05) is 6.54 Å². The number of rotatable bonds is 3. The smallest absolute Gasteiger partial charge is 0.126 e. The van der Waals surface area contributed by atoms with Crippen molar-refractivity contribution in [3.05, 3.63) is 35.4 Å². The van der Waals surface area contributed by atoms with Gasteiger partial charge < -0.3 is 10.8 Å². The molecule has 2 aliphatic rings. The highest BCUT2D eigenvalue weighted by atomic mass is 19.1. The van der Waals surface area contributed by atoms with Gasteiger partial charge in [0.15, 0.2) is 0 Å². The van der Waals surface area contributed by atoms with Crippen LogP contribution in [0.3, 0.4) is 0 Å². The number of hydrogen-bond acceptors (Lipinski definition) is 2. The van der Waals surface area contributed by atoms with E-state index in [4.69, 9.17) is 5.73 Å². The first-order chi connectivity index (χ1) is 9.05. The average Bonchev–Trinajstić information content (AvgIpc) is 2.97. The Kier molecular flexibility index (Phi) is 3.10. The van der Waals surface area contributed by atoms with Gasteiger partial charge in [-0.15, -0.1) is 0 Å². The molecule has 2 saturated carbocycles. The summed E-state index contributed by atoms with van der Waals surface area (Å²) in [5.74, 6) is -0.306. The summed E-state index contributed by atoms with van der Waals surface area (Å²) in [5.41, 5.74) is 5.84. The highest BCUT2D eigenvalue weighted by molar-refractivity contribution is 5.24. The van der Waals surface area contributed by atoms with Crippen LogP contribution in [0.1, 0.15) is 37.4 Å². The first-order valence-electron chi connectivity index (χ1n) is 6.89. The molecule has 3 N–H and O–H groups in total. The number of aliphatic hydroxyl groups is 1. The largest absolute Gasteiger partial charge is 0.388 e. The number of fused-ring (bicyclic) bond motifs is 2. The van der Waals surface area contributed by atoms with Crippen molar-refractivity contribution in [2.24, 2.45) is 23.0 Å². The van der Waals surface area contributed by atoms with Crippen LogP contribution in [0, 0.1) is 28.9 Å². The van der Waals surface area contributed by atoms with E-state index >= 15 is 0 Å². The summed E-state index contributed by atoms with van der Waals surface area (Å²) in [6, 6.07) is 3.26. The van der Waals surface area contributed by atoms with Gasteiger partial charge in [-0.3, -0.25) is 0 Å². The fourth-order valence-corrected chi connectivity index (χ4v) is 4.25. The lowest BCUT2D eigenvalue weighted by Gasteiger charge is -2.41. The monoisotopic (exact) mass is 267 g/mol. The number of hydrogen-bond donors (Lipinski definition) is 2.